The van der Waals surface area contributed by atoms with Crippen molar-refractivity contribution < 1.29 is 19.3 Å². The summed E-state index contributed by atoms with van der Waals surface area (Å²) in [5, 5.41) is 9.90. The third-order valence-corrected chi connectivity index (χ3v) is 5.67. The van der Waals surface area contributed by atoms with Gasteiger partial charge in [0.2, 0.25) is 6.79 Å². The van der Waals surface area contributed by atoms with Crippen LogP contribution >= 0.6 is 0 Å². The smallest absolute Gasteiger partial charge is 0.231 e. The van der Waals surface area contributed by atoms with Crippen molar-refractivity contribution in [2.24, 2.45) is 0 Å². The number of rotatable bonds is 4. The number of aliphatic hydroxyl groups is 1. The van der Waals surface area contributed by atoms with Gasteiger partial charge in [-0.3, -0.25) is 9.80 Å². The van der Waals surface area contributed by atoms with Gasteiger partial charge in [-0.15, -0.1) is 0 Å². The molecule has 2 saturated heterocycles. The molecule has 0 bridgehead atoms. The Hall–Kier alpha value is -1.50. The Morgan fingerprint density at radius 2 is 1.88 bits per heavy atom. The second kappa shape index (κ2) is 7.40. The molecule has 25 heavy (non-hydrogen) atoms. The van der Waals surface area contributed by atoms with Gasteiger partial charge in [0, 0.05) is 30.8 Å². The summed E-state index contributed by atoms with van der Waals surface area (Å²) in [7, 11) is 1.70. The summed E-state index contributed by atoms with van der Waals surface area (Å²) in [6.45, 7) is 5.30. The van der Waals surface area contributed by atoms with Crippen LogP contribution in [0.5, 0.6) is 17.2 Å². The second-order valence-corrected chi connectivity index (χ2v) is 7.32. The fourth-order valence-corrected chi connectivity index (χ4v) is 4.28. The summed E-state index contributed by atoms with van der Waals surface area (Å²) in [6.07, 6.45) is 4.28. The fraction of sp³-hybridized carbons (Fsp3) is 0.684. The number of ether oxygens (including phenoxy) is 3. The van der Waals surface area contributed by atoms with Crippen LogP contribution < -0.4 is 14.2 Å². The lowest BCUT2D eigenvalue weighted by atomic mass is 9.98. The number of benzene rings is 1. The first kappa shape index (κ1) is 16.9. The van der Waals surface area contributed by atoms with Gasteiger partial charge in [0.25, 0.3) is 0 Å². The molecule has 1 aromatic carbocycles. The highest BCUT2D eigenvalue weighted by atomic mass is 16.7. The van der Waals surface area contributed by atoms with E-state index in [1.807, 2.05) is 12.1 Å². The maximum Gasteiger partial charge on any atom is 0.231 e. The minimum Gasteiger partial charge on any atom is -0.496 e. The third kappa shape index (κ3) is 3.71. The van der Waals surface area contributed by atoms with Crippen LogP contribution in [0.1, 0.15) is 31.2 Å². The van der Waals surface area contributed by atoms with Gasteiger partial charge in [0.05, 0.1) is 13.2 Å². The minimum absolute atomic E-state index is 0.135. The van der Waals surface area contributed by atoms with Crippen LogP contribution in [0, 0.1) is 0 Å². The van der Waals surface area contributed by atoms with Crippen LogP contribution in [0.4, 0.5) is 0 Å². The third-order valence-electron chi connectivity index (χ3n) is 5.67. The first-order valence-electron chi connectivity index (χ1n) is 9.34. The van der Waals surface area contributed by atoms with Gasteiger partial charge in [-0.1, -0.05) is 0 Å². The van der Waals surface area contributed by atoms with E-state index in [9.17, 15) is 5.11 Å². The van der Waals surface area contributed by atoms with E-state index in [4.69, 9.17) is 14.2 Å². The molecule has 138 valence electrons. The van der Waals surface area contributed by atoms with Crippen molar-refractivity contribution in [3.63, 3.8) is 0 Å². The maximum absolute atomic E-state index is 9.90. The topological polar surface area (TPSA) is 54.4 Å². The van der Waals surface area contributed by atoms with Crippen molar-refractivity contribution in [2.45, 2.75) is 44.4 Å². The normalized spacial score (nSPS) is 25.3. The SMILES string of the molecule is COc1cc2c(cc1CN1CCC(N3CCC[C@H](O)C3)CC1)OCO2. The predicted molar refractivity (Wildman–Crippen MR) is 94.2 cm³/mol. The van der Waals surface area contributed by atoms with Crippen molar-refractivity contribution in [3.8, 4) is 17.2 Å². The molecule has 0 aromatic heterocycles. The van der Waals surface area contributed by atoms with Gasteiger partial charge in [0.15, 0.2) is 11.5 Å². The molecule has 6 nitrogen and oxygen atoms in total. The number of likely N-dealkylation sites (tertiary alicyclic amines) is 2. The molecule has 4 rings (SSSR count). The standard InChI is InChI=1S/C19H28N2O4/c1-23-17-10-19-18(24-13-25-19)9-14(17)11-20-7-4-15(5-8-20)21-6-2-3-16(22)12-21/h9-10,15-16,22H,2-8,11-13H2,1H3/t16-/m0/s1. The molecule has 0 unspecified atom stereocenters. The van der Waals surface area contributed by atoms with E-state index in [2.05, 4.69) is 9.80 Å². The van der Waals surface area contributed by atoms with Crippen LogP contribution in [0.25, 0.3) is 0 Å². The quantitative estimate of drug-likeness (QED) is 0.896. The summed E-state index contributed by atoms with van der Waals surface area (Å²) < 4.78 is 16.5. The molecule has 3 heterocycles. The number of fused-ring (bicyclic) bond motifs is 1. The van der Waals surface area contributed by atoms with Crippen LogP contribution in [0.2, 0.25) is 0 Å². The molecule has 2 fully saturated rings. The Morgan fingerprint density at radius 3 is 2.60 bits per heavy atom. The Morgan fingerprint density at radius 1 is 1.12 bits per heavy atom. The van der Waals surface area contributed by atoms with Crippen LogP contribution in [0.15, 0.2) is 12.1 Å². The molecule has 6 heteroatoms. The number of methoxy groups -OCH3 is 1. The van der Waals surface area contributed by atoms with Crippen molar-refractivity contribution >= 4 is 0 Å². The zero-order valence-electron chi connectivity index (χ0n) is 14.9. The Balaban J connectivity index is 1.36. The number of hydrogen-bond donors (Lipinski definition) is 1. The zero-order chi connectivity index (χ0) is 17.2. The molecule has 0 saturated carbocycles. The number of piperidine rings is 2. The molecule has 0 radical (unpaired) electrons. The van der Waals surface area contributed by atoms with E-state index in [0.29, 0.717) is 6.04 Å². The van der Waals surface area contributed by atoms with E-state index in [1.165, 1.54) is 12.8 Å². The van der Waals surface area contributed by atoms with E-state index >= 15 is 0 Å². The monoisotopic (exact) mass is 348 g/mol. The van der Waals surface area contributed by atoms with E-state index in [1.54, 1.807) is 7.11 Å². The maximum atomic E-state index is 9.90. The molecule has 3 aliphatic heterocycles. The summed E-state index contributed by atoms with van der Waals surface area (Å²) in [4.78, 5) is 4.98. The predicted octanol–water partition coefficient (Wildman–Crippen LogP) is 1.84. The molecule has 1 N–H and O–H groups in total. The first-order valence-corrected chi connectivity index (χ1v) is 9.34. The fourth-order valence-electron chi connectivity index (χ4n) is 4.28. The lowest BCUT2D eigenvalue weighted by Crippen LogP contribution is -2.49. The summed E-state index contributed by atoms with van der Waals surface area (Å²) in [5.74, 6) is 2.45. The lowest BCUT2D eigenvalue weighted by Gasteiger charge is -2.41. The Labute approximate surface area is 149 Å². The molecular weight excluding hydrogens is 320 g/mol. The van der Waals surface area contributed by atoms with Crippen LogP contribution in [-0.4, -0.2) is 67.1 Å². The summed E-state index contributed by atoms with van der Waals surface area (Å²) >= 11 is 0. The summed E-state index contributed by atoms with van der Waals surface area (Å²) in [5.41, 5.74) is 1.15. The largest absolute Gasteiger partial charge is 0.496 e. The molecule has 0 amide bonds. The Bertz CT molecular complexity index is 601. The molecule has 1 aromatic rings. The molecular formula is C19H28N2O4. The molecule has 3 aliphatic rings. The van der Waals surface area contributed by atoms with E-state index in [-0.39, 0.29) is 12.9 Å². The Kier molecular flexibility index (Phi) is 5.01. The summed E-state index contributed by atoms with van der Waals surface area (Å²) in [6, 6.07) is 4.60. The van der Waals surface area contributed by atoms with Crippen LogP contribution in [-0.2, 0) is 6.54 Å². The van der Waals surface area contributed by atoms with Gasteiger partial charge in [-0.25, -0.2) is 0 Å². The van der Waals surface area contributed by atoms with Gasteiger partial charge in [-0.2, -0.15) is 0 Å². The van der Waals surface area contributed by atoms with E-state index < -0.39 is 0 Å². The van der Waals surface area contributed by atoms with Crippen molar-refractivity contribution in [1.82, 2.24) is 9.80 Å². The average molecular weight is 348 g/mol. The molecule has 0 spiro atoms. The highest BCUT2D eigenvalue weighted by molar-refractivity contribution is 5.51. The number of β-amino-alcohol motifs (C(OH)–C–C–N with tert-alkyl or cyclic N) is 1. The second-order valence-electron chi connectivity index (χ2n) is 7.32. The van der Waals surface area contributed by atoms with E-state index in [0.717, 1.165) is 68.4 Å². The number of aliphatic hydroxyl groups excluding tert-OH is 1. The van der Waals surface area contributed by atoms with Crippen molar-refractivity contribution in [2.75, 3.05) is 40.1 Å². The van der Waals surface area contributed by atoms with Crippen molar-refractivity contribution in [3.05, 3.63) is 17.7 Å². The van der Waals surface area contributed by atoms with Gasteiger partial charge >= 0.3 is 0 Å². The lowest BCUT2D eigenvalue weighted by molar-refractivity contribution is 0.0242. The van der Waals surface area contributed by atoms with Gasteiger partial charge < -0.3 is 19.3 Å². The zero-order valence-corrected chi connectivity index (χ0v) is 14.9. The molecule has 0 aliphatic carbocycles. The highest BCUT2D eigenvalue weighted by Gasteiger charge is 2.28. The number of nitrogens with zero attached hydrogens (tertiary/aromatic N) is 2. The van der Waals surface area contributed by atoms with Crippen molar-refractivity contribution in [1.29, 1.82) is 0 Å². The minimum atomic E-state index is -0.135. The van der Waals surface area contributed by atoms with Gasteiger partial charge in [-0.05, 0) is 51.4 Å². The average Bonchev–Trinajstić information content (AvgIpc) is 3.09. The highest BCUT2D eigenvalue weighted by Crippen LogP contribution is 2.38. The molecule has 1 atom stereocenters. The first-order chi connectivity index (χ1) is 12.2. The number of hydrogen-bond acceptors (Lipinski definition) is 6. The van der Waals surface area contributed by atoms with Crippen LogP contribution in [0.3, 0.4) is 0 Å². The van der Waals surface area contributed by atoms with Gasteiger partial charge in [0.1, 0.15) is 5.75 Å².